The number of benzene rings is 1. The second-order valence-electron chi connectivity index (χ2n) is 11.7. The predicted molar refractivity (Wildman–Crippen MR) is 161 cm³/mol. The third-order valence-electron chi connectivity index (χ3n) is 8.98. The Hall–Kier alpha value is -3.38. The molecular formula is C30H34FN4O7PS. The third-order valence-corrected chi connectivity index (χ3v) is 11.0. The Morgan fingerprint density at radius 3 is 2.75 bits per heavy atom. The second-order valence-corrected chi connectivity index (χ2v) is 14.4. The van der Waals surface area contributed by atoms with Crippen molar-refractivity contribution >= 4 is 46.7 Å². The second kappa shape index (κ2) is 12.2. The summed E-state index contributed by atoms with van der Waals surface area (Å²) in [5.74, 6) is -2.41. The van der Waals surface area contributed by atoms with Crippen LogP contribution in [0.4, 0.5) is 4.39 Å². The van der Waals surface area contributed by atoms with Crippen molar-refractivity contribution in [2.24, 2.45) is 0 Å². The van der Waals surface area contributed by atoms with E-state index in [-0.39, 0.29) is 29.3 Å². The zero-order chi connectivity index (χ0) is 31.2. The van der Waals surface area contributed by atoms with Crippen molar-refractivity contribution in [1.29, 1.82) is 0 Å². The van der Waals surface area contributed by atoms with E-state index in [1.807, 2.05) is 11.0 Å². The Morgan fingerprint density at radius 1 is 1.16 bits per heavy atom. The highest BCUT2D eigenvalue weighted by Gasteiger charge is 2.47. The Morgan fingerprint density at radius 2 is 1.98 bits per heavy atom. The number of amides is 3. The van der Waals surface area contributed by atoms with Crippen molar-refractivity contribution in [3.05, 3.63) is 58.7 Å². The summed E-state index contributed by atoms with van der Waals surface area (Å²) >= 11 is 1.14. The molecule has 1 aromatic carbocycles. The molecule has 3 aliphatic heterocycles. The summed E-state index contributed by atoms with van der Waals surface area (Å²) in [7, 11) is -3.36. The van der Waals surface area contributed by atoms with Crippen LogP contribution >= 0.6 is 18.9 Å². The van der Waals surface area contributed by atoms with Crippen molar-refractivity contribution in [3.8, 4) is 5.75 Å². The lowest BCUT2D eigenvalue weighted by molar-refractivity contribution is -0.145. The monoisotopic (exact) mass is 644 g/mol. The number of fused-ring (bicyclic) bond motifs is 2. The van der Waals surface area contributed by atoms with Gasteiger partial charge in [0.05, 0.1) is 12.0 Å². The largest absolute Gasteiger partial charge is 0.496 e. The van der Waals surface area contributed by atoms with Crippen LogP contribution in [-0.2, 0) is 14.2 Å². The summed E-state index contributed by atoms with van der Waals surface area (Å²) in [6.07, 6.45) is 7.48. The van der Waals surface area contributed by atoms with Gasteiger partial charge >= 0.3 is 7.60 Å². The first kappa shape index (κ1) is 30.6. The van der Waals surface area contributed by atoms with Crippen molar-refractivity contribution in [1.82, 2.24) is 20.1 Å². The van der Waals surface area contributed by atoms with Crippen LogP contribution in [0.2, 0.25) is 0 Å². The molecule has 5 atom stereocenters. The number of carbonyl (C=O) groups is 3. The maximum atomic E-state index is 14.2. The molecule has 3 amide bonds. The number of aromatic nitrogens is 1. The number of thiophene rings is 1. The molecule has 6 rings (SSSR count). The number of halogens is 1. The lowest BCUT2D eigenvalue weighted by Crippen LogP contribution is -2.54. The molecule has 0 saturated carbocycles. The van der Waals surface area contributed by atoms with Gasteiger partial charge in [-0.1, -0.05) is 6.07 Å². The van der Waals surface area contributed by atoms with Gasteiger partial charge in [0.2, 0.25) is 17.7 Å². The molecule has 0 radical (unpaired) electrons. The molecule has 44 heavy (non-hydrogen) atoms. The average Bonchev–Trinajstić information content (AvgIpc) is 3.75. The molecule has 3 N–H and O–H groups in total. The van der Waals surface area contributed by atoms with E-state index in [9.17, 15) is 33.1 Å². The lowest BCUT2D eigenvalue weighted by atomic mass is 9.99. The zero-order valence-electron chi connectivity index (χ0n) is 24.1. The van der Waals surface area contributed by atoms with Gasteiger partial charge in [0, 0.05) is 47.7 Å². The van der Waals surface area contributed by atoms with E-state index in [0.29, 0.717) is 40.9 Å². The Kier molecular flexibility index (Phi) is 8.49. The fourth-order valence-electron chi connectivity index (χ4n) is 6.79. The van der Waals surface area contributed by atoms with Gasteiger partial charge in [-0.2, -0.15) is 0 Å². The molecule has 3 aliphatic rings. The van der Waals surface area contributed by atoms with Crippen LogP contribution in [0.1, 0.15) is 71.2 Å². The van der Waals surface area contributed by atoms with E-state index in [4.69, 9.17) is 4.74 Å². The molecule has 0 bridgehead atoms. The Labute approximate surface area is 257 Å². The number of pyridine rings is 1. The van der Waals surface area contributed by atoms with Gasteiger partial charge in [-0.3, -0.25) is 23.9 Å². The van der Waals surface area contributed by atoms with Crippen LogP contribution in [0.5, 0.6) is 5.75 Å². The first-order valence-electron chi connectivity index (χ1n) is 14.7. The first-order chi connectivity index (χ1) is 21.0. The first-order valence-corrected chi connectivity index (χ1v) is 17.2. The quantitative estimate of drug-likeness (QED) is 0.326. The summed E-state index contributed by atoms with van der Waals surface area (Å²) in [5.41, 5.74) is 0.793. The number of likely N-dealkylation sites (tertiary alicyclic amines) is 1. The SMILES string of the molecule is COc1ccncc1[C@@H]1CCN(C(=O)[C@@H]2CC[C@@H]3CCC[C@H](NC(=O)c4cc5cc(C(F)P(=O)(O)O)ccc5s4)C(=O)N32)C1. The zero-order valence-corrected chi connectivity index (χ0v) is 25.8. The fourth-order valence-corrected chi connectivity index (χ4v) is 8.29. The summed E-state index contributed by atoms with van der Waals surface area (Å²) in [4.78, 5) is 67.4. The molecule has 0 spiro atoms. The van der Waals surface area contributed by atoms with E-state index in [1.165, 1.54) is 24.3 Å². The van der Waals surface area contributed by atoms with Crippen LogP contribution in [0.15, 0.2) is 42.7 Å². The molecule has 234 valence electrons. The maximum absolute atomic E-state index is 14.2. The number of methoxy groups -OCH3 is 1. The molecule has 0 aliphatic carbocycles. The number of hydrogen-bond acceptors (Lipinski definition) is 7. The predicted octanol–water partition coefficient (Wildman–Crippen LogP) is 4.11. The Bertz CT molecular complexity index is 1650. The minimum atomic E-state index is -4.97. The average molecular weight is 645 g/mol. The highest BCUT2D eigenvalue weighted by Crippen LogP contribution is 2.53. The normalized spacial score (nSPS) is 24.7. The van der Waals surface area contributed by atoms with E-state index in [0.717, 1.165) is 48.3 Å². The number of hydrogen-bond donors (Lipinski definition) is 3. The van der Waals surface area contributed by atoms with Gasteiger partial charge in [0.15, 0.2) is 0 Å². The molecule has 3 fully saturated rings. The maximum Gasteiger partial charge on any atom is 0.363 e. The van der Waals surface area contributed by atoms with Crippen molar-refractivity contribution in [3.63, 3.8) is 0 Å². The molecule has 3 saturated heterocycles. The molecule has 11 nitrogen and oxygen atoms in total. The summed E-state index contributed by atoms with van der Waals surface area (Å²) in [5, 5.41) is 3.34. The minimum absolute atomic E-state index is 0.0550. The molecule has 5 heterocycles. The lowest BCUT2D eigenvalue weighted by Gasteiger charge is -2.32. The third kappa shape index (κ3) is 5.85. The van der Waals surface area contributed by atoms with Crippen LogP contribution < -0.4 is 10.1 Å². The number of nitrogens with zero attached hydrogens (tertiary/aromatic N) is 3. The topological polar surface area (TPSA) is 149 Å². The summed E-state index contributed by atoms with van der Waals surface area (Å²) in [6.45, 7) is 1.10. The number of carbonyl (C=O) groups excluding carboxylic acids is 3. The highest BCUT2D eigenvalue weighted by molar-refractivity contribution is 7.51. The summed E-state index contributed by atoms with van der Waals surface area (Å²) < 4.78 is 31.7. The van der Waals surface area contributed by atoms with Gasteiger partial charge in [-0.25, -0.2) is 4.39 Å². The Balaban J connectivity index is 1.15. The van der Waals surface area contributed by atoms with Crippen molar-refractivity contribution < 1.29 is 37.9 Å². The van der Waals surface area contributed by atoms with Gasteiger partial charge in [-0.05, 0) is 73.7 Å². The van der Waals surface area contributed by atoms with E-state index < -0.39 is 31.5 Å². The van der Waals surface area contributed by atoms with Crippen LogP contribution in [0, 0.1) is 0 Å². The fraction of sp³-hybridized carbons (Fsp3) is 0.467. The van der Waals surface area contributed by atoms with Gasteiger partial charge in [0.1, 0.15) is 17.8 Å². The molecule has 14 heteroatoms. The summed E-state index contributed by atoms with van der Waals surface area (Å²) in [6, 6.07) is 6.04. The highest BCUT2D eigenvalue weighted by atomic mass is 32.1. The van der Waals surface area contributed by atoms with Crippen LogP contribution in [-0.4, -0.2) is 80.6 Å². The van der Waals surface area contributed by atoms with Crippen molar-refractivity contribution in [2.75, 3.05) is 20.2 Å². The van der Waals surface area contributed by atoms with Gasteiger partial charge in [0.25, 0.3) is 5.91 Å². The number of rotatable bonds is 7. The van der Waals surface area contributed by atoms with Crippen LogP contribution in [0.3, 0.4) is 0 Å². The van der Waals surface area contributed by atoms with E-state index in [1.54, 1.807) is 24.4 Å². The number of nitrogens with one attached hydrogen (secondary N) is 1. The molecule has 1 unspecified atom stereocenters. The van der Waals surface area contributed by atoms with Crippen LogP contribution in [0.25, 0.3) is 10.1 Å². The molecule has 2 aromatic heterocycles. The van der Waals surface area contributed by atoms with Gasteiger partial charge < -0.3 is 29.6 Å². The smallest absolute Gasteiger partial charge is 0.363 e. The van der Waals surface area contributed by atoms with E-state index >= 15 is 0 Å². The standard InChI is InChI=1S/C30H34FN4O7PS/c1-42-24-9-11-32-15-21(24)18-10-12-34(16-18)30(38)23-7-6-20-3-2-4-22(29(37)35(20)23)33-28(36)26-14-19-13-17(5-8-25(19)44-26)27(31)43(39,40)41/h5,8-9,11,13-15,18,20,22-23,27H,2-4,6-7,10,12,16H2,1H3,(H,33,36)(H2,39,40,41)/t18-,20+,22+,23+,27?/m1/s1. The number of ether oxygens (including phenoxy) is 1. The minimum Gasteiger partial charge on any atom is -0.496 e. The van der Waals surface area contributed by atoms with Gasteiger partial charge in [-0.15, -0.1) is 11.3 Å². The number of alkyl halides is 1. The molecular weight excluding hydrogens is 610 g/mol. The van der Waals surface area contributed by atoms with E-state index in [2.05, 4.69) is 10.3 Å². The molecule has 3 aromatic rings. The van der Waals surface area contributed by atoms with Crippen molar-refractivity contribution in [2.45, 2.75) is 68.5 Å².